The summed E-state index contributed by atoms with van der Waals surface area (Å²) in [5, 5.41) is 2.89. The molecule has 0 spiro atoms. The fourth-order valence-electron chi connectivity index (χ4n) is 3.90. The van der Waals surface area contributed by atoms with Crippen LogP contribution in [0.25, 0.3) is 0 Å². The van der Waals surface area contributed by atoms with E-state index in [4.69, 9.17) is 4.74 Å². The molecule has 0 radical (unpaired) electrons. The summed E-state index contributed by atoms with van der Waals surface area (Å²) in [7, 11) is 0. The largest absolute Gasteiger partial charge is 0.378 e. The van der Waals surface area contributed by atoms with Gasteiger partial charge in [-0.2, -0.15) is 11.8 Å². The van der Waals surface area contributed by atoms with Crippen LogP contribution in [0.4, 0.5) is 11.4 Å². The van der Waals surface area contributed by atoms with Crippen molar-refractivity contribution < 1.29 is 19.1 Å². The Morgan fingerprint density at radius 2 is 1.65 bits per heavy atom. The van der Waals surface area contributed by atoms with Crippen LogP contribution in [-0.4, -0.2) is 67.0 Å². The molecule has 1 atom stereocenters. The van der Waals surface area contributed by atoms with Crippen molar-refractivity contribution >= 4 is 40.9 Å². The SMILES string of the molecule is CSCCC(C(=O)Nc1ccc(N2CCOCC2)cc1)N1C(=O)c2ccccc2C1=O. The highest BCUT2D eigenvalue weighted by atomic mass is 32.2. The Morgan fingerprint density at radius 3 is 2.23 bits per heavy atom. The fraction of sp³-hybridized carbons (Fsp3) is 0.348. The molecule has 1 N–H and O–H groups in total. The molecule has 0 bridgehead atoms. The van der Waals surface area contributed by atoms with Gasteiger partial charge < -0.3 is 15.0 Å². The van der Waals surface area contributed by atoms with E-state index in [9.17, 15) is 14.4 Å². The van der Waals surface area contributed by atoms with E-state index in [2.05, 4.69) is 10.2 Å². The molecule has 0 aliphatic carbocycles. The molecular weight excluding hydrogens is 414 g/mol. The van der Waals surface area contributed by atoms with Crippen molar-refractivity contribution in [2.45, 2.75) is 12.5 Å². The predicted octanol–water partition coefficient (Wildman–Crippen LogP) is 2.88. The third kappa shape index (κ3) is 4.45. The zero-order valence-corrected chi connectivity index (χ0v) is 18.2. The van der Waals surface area contributed by atoms with E-state index in [0.717, 1.165) is 23.7 Å². The summed E-state index contributed by atoms with van der Waals surface area (Å²) in [4.78, 5) is 42.3. The molecule has 0 aromatic heterocycles. The lowest BCUT2D eigenvalue weighted by molar-refractivity contribution is -0.120. The number of benzene rings is 2. The first-order chi connectivity index (χ1) is 15.1. The Labute approximate surface area is 185 Å². The molecule has 8 heteroatoms. The van der Waals surface area contributed by atoms with E-state index in [-0.39, 0.29) is 5.91 Å². The summed E-state index contributed by atoms with van der Waals surface area (Å²) in [5.74, 6) is -0.529. The van der Waals surface area contributed by atoms with Gasteiger partial charge in [-0.05, 0) is 54.8 Å². The highest BCUT2D eigenvalue weighted by molar-refractivity contribution is 7.98. The number of carbonyl (C=O) groups is 3. The summed E-state index contributed by atoms with van der Waals surface area (Å²) in [6.45, 7) is 3.08. The Bertz CT molecular complexity index is 938. The summed E-state index contributed by atoms with van der Waals surface area (Å²) < 4.78 is 5.39. The van der Waals surface area contributed by atoms with Gasteiger partial charge in [0.15, 0.2) is 0 Å². The highest BCUT2D eigenvalue weighted by Crippen LogP contribution is 2.27. The first-order valence-corrected chi connectivity index (χ1v) is 11.7. The topological polar surface area (TPSA) is 79.0 Å². The van der Waals surface area contributed by atoms with Crippen LogP contribution in [0.2, 0.25) is 0 Å². The molecule has 1 fully saturated rings. The minimum atomic E-state index is -0.862. The lowest BCUT2D eigenvalue weighted by atomic mass is 10.1. The third-order valence-corrected chi connectivity index (χ3v) is 6.19. The molecule has 31 heavy (non-hydrogen) atoms. The van der Waals surface area contributed by atoms with Crippen LogP contribution in [0.15, 0.2) is 48.5 Å². The van der Waals surface area contributed by atoms with Crippen molar-refractivity contribution in [1.29, 1.82) is 0 Å². The monoisotopic (exact) mass is 439 g/mol. The van der Waals surface area contributed by atoms with Gasteiger partial charge in [-0.25, -0.2) is 0 Å². The summed E-state index contributed by atoms with van der Waals surface area (Å²) in [6.07, 6.45) is 2.33. The van der Waals surface area contributed by atoms with Gasteiger partial charge in [-0.15, -0.1) is 0 Å². The minimum absolute atomic E-state index is 0.351. The van der Waals surface area contributed by atoms with Crippen LogP contribution in [0.3, 0.4) is 0 Å². The van der Waals surface area contributed by atoms with Gasteiger partial charge in [0.1, 0.15) is 6.04 Å². The van der Waals surface area contributed by atoms with Gasteiger partial charge in [0.25, 0.3) is 11.8 Å². The highest BCUT2D eigenvalue weighted by Gasteiger charge is 2.42. The number of amides is 3. The molecule has 7 nitrogen and oxygen atoms in total. The van der Waals surface area contributed by atoms with Crippen molar-refractivity contribution in [3.05, 3.63) is 59.7 Å². The molecule has 2 aromatic carbocycles. The van der Waals surface area contributed by atoms with E-state index in [1.165, 1.54) is 0 Å². The number of hydrogen-bond donors (Lipinski definition) is 1. The first-order valence-electron chi connectivity index (χ1n) is 10.3. The predicted molar refractivity (Wildman–Crippen MR) is 122 cm³/mol. The molecule has 1 saturated heterocycles. The summed E-state index contributed by atoms with van der Waals surface area (Å²) >= 11 is 1.57. The number of carbonyl (C=O) groups excluding carboxylic acids is 3. The first kappa shape index (κ1) is 21.4. The average molecular weight is 440 g/mol. The number of fused-ring (bicyclic) bond motifs is 1. The second kappa shape index (κ2) is 9.53. The van der Waals surface area contributed by atoms with Crippen molar-refractivity contribution in [3.8, 4) is 0 Å². The molecule has 162 valence electrons. The number of anilines is 2. The van der Waals surface area contributed by atoms with Crippen molar-refractivity contribution in [2.24, 2.45) is 0 Å². The molecule has 2 heterocycles. The van der Waals surface area contributed by atoms with Crippen molar-refractivity contribution in [2.75, 3.05) is 48.5 Å². The maximum Gasteiger partial charge on any atom is 0.262 e. The number of imide groups is 1. The van der Waals surface area contributed by atoms with E-state index in [1.807, 2.05) is 30.5 Å². The van der Waals surface area contributed by atoms with E-state index in [0.29, 0.717) is 42.2 Å². The molecule has 4 rings (SSSR count). The van der Waals surface area contributed by atoms with Gasteiger partial charge in [-0.1, -0.05) is 12.1 Å². The Kier molecular flexibility index (Phi) is 6.58. The summed E-state index contributed by atoms with van der Waals surface area (Å²) in [5.41, 5.74) is 2.40. The molecule has 1 unspecified atom stereocenters. The maximum absolute atomic E-state index is 13.1. The number of nitrogens with one attached hydrogen (secondary N) is 1. The normalized spacial score (nSPS) is 16.9. The van der Waals surface area contributed by atoms with Crippen LogP contribution in [0.5, 0.6) is 0 Å². The standard InChI is InChI=1S/C23H25N3O4S/c1-31-15-10-20(26-22(28)18-4-2-3-5-19(18)23(26)29)21(27)24-16-6-8-17(9-7-16)25-11-13-30-14-12-25/h2-9,20H,10-15H2,1H3,(H,24,27). The zero-order valence-electron chi connectivity index (χ0n) is 17.4. The number of morpholine rings is 1. The van der Waals surface area contributed by atoms with Crippen LogP contribution < -0.4 is 10.2 Å². The van der Waals surface area contributed by atoms with Gasteiger partial charge >= 0.3 is 0 Å². The maximum atomic E-state index is 13.1. The van der Waals surface area contributed by atoms with Crippen LogP contribution in [0.1, 0.15) is 27.1 Å². The summed E-state index contributed by atoms with van der Waals surface area (Å²) in [6, 6.07) is 13.4. The number of thioether (sulfide) groups is 1. The van der Waals surface area contributed by atoms with Crippen LogP contribution >= 0.6 is 11.8 Å². The average Bonchev–Trinajstić information content (AvgIpc) is 3.06. The number of rotatable bonds is 7. The van der Waals surface area contributed by atoms with Gasteiger partial charge in [0.05, 0.1) is 24.3 Å². The van der Waals surface area contributed by atoms with E-state index in [1.54, 1.807) is 36.0 Å². The van der Waals surface area contributed by atoms with Crippen LogP contribution in [-0.2, 0) is 9.53 Å². The Morgan fingerprint density at radius 1 is 1.03 bits per heavy atom. The number of ether oxygens (including phenoxy) is 1. The molecule has 3 amide bonds. The van der Waals surface area contributed by atoms with Gasteiger partial charge in [-0.3, -0.25) is 19.3 Å². The lowest BCUT2D eigenvalue weighted by Crippen LogP contribution is -2.47. The minimum Gasteiger partial charge on any atom is -0.378 e. The number of hydrogen-bond acceptors (Lipinski definition) is 6. The molecule has 0 saturated carbocycles. The Balaban J connectivity index is 1.50. The van der Waals surface area contributed by atoms with Gasteiger partial charge in [0.2, 0.25) is 5.91 Å². The Hall–Kier alpha value is -2.84. The second-order valence-corrected chi connectivity index (χ2v) is 8.44. The van der Waals surface area contributed by atoms with Gasteiger partial charge in [0, 0.05) is 24.5 Å². The van der Waals surface area contributed by atoms with Crippen molar-refractivity contribution in [3.63, 3.8) is 0 Å². The fourth-order valence-corrected chi connectivity index (χ4v) is 4.36. The van der Waals surface area contributed by atoms with Crippen molar-refractivity contribution in [1.82, 2.24) is 4.90 Å². The number of nitrogens with zero attached hydrogens (tertiary/aromatic N) is 2. The smallest absolute Gasteiger partial charge is 0.262 e. The van der Waals surface area contributed by atoms with E-state index < -0.39 is 17.9 Å². The zero-order chi connectivity index (χ0) is 21.8. The molecule has 2 aromatic rings. The molecule has 2 aliphatic rings. The molecular formula is C23H25N3O4S. The van der Waals surface area contributed by atoms with E-state index >= 15 is 0 Å². The quantitative estimate of drug-likeness (QED) is 0.669. The van der Waals surface area contributed by atoms with Crippen LogP contribution in [0, 0.1) is 0 Å². The third-order valence-electron chi connectivity index (χ3n) is 5.55. The lowest BCUT2D eigenvalue weighted by Gasteiger charge is -2.29. The molecule has 2 aliphatic heterocycles. The second-order valence-electron chi connectivity index (χ2n) is 7.46.